The van der Waals surface area contributed by atoms with Crippen molar-refractivity contribution in [2.24, 2.45) is 0 Å². The molecule has 2 unspecified atom stereocenters. The van der Waals surface area contributed by atoms with E-state index >= 15 is 0 Å². The number of carboxylic acid groups (broad SMARTS) is 1. The number of aliphatic carboxylic acids is 1. The zero-order valence-corrected chi connectivity index (χ0v) is 14.9. The second-order valence-electron chi connectivity index (χ2n) is 6.76. The van der Waals surface area contributed by atoms with Crippen molar-refractivity contribution in [3.63, 3.8) is 0 Å². The largest absolute Gasteiger partial charge is 0.490 e. The summed E-state index contributed by atoms with van der Waals surface area (Å²) in [5, 5.41) is 16.2. The van der Waals surface area contributed by atoms with E-state index in [1.807, 2.05) is 11.0 Å². The molecule has 0 aliphatic carbocycles. The van der Waals surface area contributed by atoms with Crippen LogP contribution in [0.4, 0.5) is 13.2 Å². The summed E-state index contributed by atoms with van der Waals surface area (Å²) in [4.78, 5) is 25.0. The zero-order chi connectivity index (χ0) is 20.2. The summed E-state index contributed by atoms with van der Waals surface area (Å²) in [6.45, 7) is 0.554. The van der Waals surface area contributed by atoms with Gasteiger partial charge in [-0.1, -0.05) is 30.3 Å². The number of alkyl halides is 3. The maximum absolute atomic E-state index is 11.9. The van der Waals surface area contributed by atoms with Crippen molar-refractivity contribution in [1.82, 2.24) is 9.80 Å². The van der Waals surface area contributed by atoms with Crippen molar-refractivity contribution in [2.75, 3.05) is 13.7 Å². The number of carbonyl (C=O) groups is 2. The van der Waals surface area contributed by atoms with E-state index in [4.69, 9.17) is 15.0 Å². The van der Waals surface area contributed by atoms with Gasteiger partial charge in [-0.25, -0.2) is 4.79 Å². The molecule has 3 atom stereocenters. The predicted molar refractivity (Wildman–Crippen MR) is 90.7 cm³/mol. The van der Waals surface area contributed by atoms with Crippen molar-refractivity contribution < 1.29 is 33.0 Å². The van der Waals surface area contributed by atoms with Crippen molar-refractivity contribution in [1.29, 1.82) is 0 Å². The minimum atomic E-state index is -5.08. The summed E-state index contributed by atoms with van der Waals surface area (Å²) < 4.78 is 31.7. The van der Waals surface area contributed by atoms with Crippen LogP contribution < -0.4 is 0 Å². The van der Waals surface area contributed by atoms with Crippen molar-refractivity contribution in [3.05, 3.63) is 35.9 Å². The lowest BCUT2D eigenvalue weighted by Gasteiger charge is -2.31. The van der Waals surface area contributed by atoms with Gasteiger partial charge in [-0.3, -0.25) is 9.69 Å². The highest BCUT2D eigenvalue weighted by molar-refractivity contribution is 5.78. The van der Waals surface area contributed by atoms with Gasteiger partial charge < -0.3 is 15.1 Å². The maximum Gasteiger partial charge on any atom is 0.490 e. The molecule has 1 amide bonds. The van der Waals surface area contributed by atoms with Crippen molar-refractivity contribution in [2.45, 2.75) is 50.1 Å². The predicted octanol–water partition coefficient (Wildman–Crippen LogP) is 1.88. The molecule has 9 heteroatoms. The molecule has 150 valence electrons. The lowest BCUT2D eigenvalue weighted by molar-refractivity contribution is -0.192. The summed E-state index contributed by atoms with van der Waals surface area (Å²) in [5.41, 5.74) is 1.30. The first kappa shape index (κ1) is 21.2. The molecule has 1 aromatic rings. The minimum absolute atomic E-state index is 0.104. The van der Waals surface area contributed by atoms with Crippen molar-refractivity contribution in [3.8, 4) is 0 Å². The van der Waals surface area contributed by atoms with Crippen LogP contribution in [0.25, 0.3) is 0 Å². The molecule has 2 saturated heterocycles. The smallest absolute Gasteiger partial charge is 0.475 e. The number of carboxylic acids is 1. The van der Waals surface area contributed by atoms with Crippen LogP contribution in [0, 0.1) is 0 Å². The van der Waals surface area contributed by atoms with E-state index in [0.29, 0.717) is 12.1 Å². The molecule has 0 radical (unpaired) electrons. The number of hydrogen-bond acceptors (Lipinski definition) is 4. The number of hydrogen-bond donors (Lipinski definition) is 2. The standard InChI is InChI=1S/C16H22N2O2.C2HF3O2/c1-17(10-12-5-3-2-4-6-12)15-9-13-7-8-14(15)18(13)16(20)11-19;3-2(4,5)1(6)7/h2-6,13-15,19H,7-11H2,1H3;(H,6,7)/t13?,14?,15-;/m1./s1. The van der Waals surface area contributed by atoms with Crippen LogP contribution in [-0.2, 0) is 16.1 Å². The Balaban J connectivity index is 0.000000321. The lowest BCUT2D eigenvalue weighted by Crippen LogP contribution is -2.44. The third kappa shape index (κ3) is 5.20. The quantitative estimate of drug-likeness (QED) is 0.823. The van der Waals surface area contributed by atoms with Crippen molar-refractivity contribution >= 4 is 11.9 Å². The Hall–Kier alpha value is -2.13. The Morgan fingerprint density at radius 1 is 1.22 bits per heavy atom. The molecule has 3 rings (SSSR count). The Kier molecular flexibility index (Phi) is 6.83. The molecular formula is C18H23F3N2O4. The van der Waals surface area contributed by atoms with Gasteiger partial charge in [0.05, 0.1) is 0 Å². The van der Waals surface area contributed by atoms with Crippen LogP contribution in [-0.4, -0.2) is 69.8 Å². The van der Waals surface area contributed by atoms with Crippen LogP contribution in [0.5, 0.6) is 0 Å². The van der Waals surface area contributed by atoms with Gasteiger partial charge in [-0.05, 0) is 31.9 Å². The highest BCUT2D eigenvalue weighted by Crippen LogP contribution is 2.40. The Bertz CT molecular complexity index is 654. The molecular weight excluding hydrogens is 365 g/mol. The number of nitrogens with zero attached hydrogens (tertiary/aromatic N) is 2. The first-order valence-corrected chi connectivity index (χ1v) is 8.61. The fourth-order valence-electron chi connectivity index (χ4n) is 3.89. The number of aliphatic hydroxyl groups excluding tert-OH is 1. The fraction of sp³-hybridized carbons (Fsp3) is 0.556. The van der Waals surface area contributed by atoms with Crippen LogP contribution in [0.1, 0.15) is 24.8 Å². The van der Waals surface area contributed by atoms with E-state index in [1.54, 1.807) is 0 Å². The second kappa shape index (κ2) is 8.71. The van der Waals surface area contributed by atoms with Gasteiger partial charge in [0.1, 0.15) is 6.61 Å². The Labute approximate surface area is 155 Å². The zero-order valence-electron chi connectivity index (χ0n) is 14.9. The van der Waals surface area contributed by atoms with E-state index in [1.165, 1.54) is 5.56 Å². The molecule has 2 heterocycles. The number of benzene rings is 1. The van der Waals surface area contributed by atoms with Crippen LogP contribution in [0.15, 0.2) is 30.3 Å². The van der Waals surface area contributed by atoms with Gasteiger partial charge in [0.2, 0.25) is 5.91 Å². The van der Waals surface area contributed by atoms with Crippen LogP contribution >= 0.6 is 0 Å². The maximum atomic E-state index is 11.9. The summed E-state index contributed by atoms with van der Waals surface area (Å²) in [6.07, 6.45) is -1.88. The Morgan fingerprint density at radius 2 is 1.81 bits per heavy atom. The third-order valence-electron chi connectivity index (χ3n) is 5.01. The van der Waals surface area contributed by atoms with E-state index in [0.717, 1.165) is 25.8 Å². The molecule has 2 bridgehead atoms. The molecule has 2 N–H and O–H groups in total. The fourth-order valence-corrected chi connectivity index (χ4v) is 3.89. The summed E-state index contributed by atoms with van der Waals surface area (Å²) in [6, 6.07) is 11.5. The molecule has 6 nitrogen and oxygen atoms in total. The number of aliphatic hydroxyl groups is 1. The monoisotopic (exact) mass is 388 g/mol. The number of halogens is 3. The normalized spacial score (nSPS) is 23.9. The van der Waals surface area contributed by atoms with Gasteiger partial charge in [0.15, 0.2) is 0 Å². The summed E-state index contributed by atoms with van der Waals surface area (Å²) >= 11 is 0. The molecule has 1 aromatic carbocycles. The number of likely N-dealkylation sites (N-methyl/N-ethyl adjacent to an activating group) is 1. The van der Waals surface area contributed by atoms with Crippen LogP contribution in [0.2, 0.25) is 0 Å². The molecule has 0 aromatic heterocycles. The number of fused-ring (bicyclic) bond motifs is 2. The molecule has 2 aliphatic heterocycles. The topological polar surface area (TPSA) is 81.1 Å². The number of carbonyl (C=O) groups excluding carboxylic acids is 1. The van der Waals surface area contributed by atoms with E-state index in [-0.39, 0.29) is 18.6 Å². The molecule has 2 aliphatic rings. The first-order chi connectivity index (χ1) is 12.6. The molecule has 2 fully saturated rings. The van der Waals surface area contributed by atoms with E-state index in [2.05, 4.69) is 36.2 Å². The van der Waals surface area contributed by atoms with Gasteiger partial charge in [0, 0.05) is 24.7 Å². The number of rotatable bonds is 4. The SMILES string of the molecule is CN(Cc1ccccc1)[C@@H]1CC2CCC1N2C(=O)CO.O=C(O)C(F)(F)F. The van der Waals surface area contributed by atoms with Gasteiger partial charge in [0.25, 0.3) is 0 Å². The second-order valence-corrected chi connectivity index (χ2v) is 6.76. The average Bonchev–Trinajstić information content (AvgIpc) is 3.19. The highest BCUT2D eigenvalue weighted by atomic mass is 19.4. The number of amides is 1. The third-order valence-corrected chi connectivity index (χ3v) is 5.01. The molecule has 0 spiro atoms. The van der Waals surface area contributed by atoms with Gasteiger partial charge in [-0.2, -0.15) is 13.2 Å². The Morgan fingerprint density at radius 3 is 2.33 bits per heavy atom. The first-order valence-electron chi connectivity index (χ1n) is 8.61. The van der Waals surface area contributed by atoms with Gasteiger partial charge in [-0.15, -0.1) is 0 Å². The minimum Gasteiger partial charge on any atom is -0.475 e. The van der Waals surface area contributed by atoms with E-state index in [9.17, 15) is 18.0 Å². The van der Waals surface area contributed by atoms with Gasteiger partial charge >= 0.3 is 12.1 Å². The molecule has 0 saturated carbocycles. The summed E-state index contributed by atoms with van der Waals surface area (Å²) in [5.74, 6) is -2.86. The van der Waals surface area contributed by atoms with E-state index < -0.39 is 12.1 Å². The van der Waals surface area contributed by atoms with Crippen LogP contribution in [0.3, 0.4) is 0 Å². The lowest BCUT2D eigenvalue weighted by atomic mass is 9.94. The summed E-state index contributed by atoms with van der Waals surface area (Å²) in [7, 11) is 2.14. The highest BCUT2D eigenvalue weighted by Gasteiger charge is 2.49. The average molecular weight is 388 g/mol. The molecule has 27 heavy (non-hydrogen) atoms.